The van der Waals surface area contributed by atoms with Crippen LogP contribution in [0.25, 0.3) is 0 Å². The molecule has 6 heteroatoms. The molecule has 0 aliphatic rings. The normalized spacial score (nSPS) is 11.3. The van der Waals surface area contributed by atoms with Gasteiger partial charge in [0, 0.05) is 53.8 Å². The summed E-state index contributed by atoms with van der Waals surface area (Å²) >= 11 is 0. The Hall–Kier alpha value is -6.48. The fourth-order valence-electron chi connectivity index (χ4n) is 8.40. The van der Waals surface area contributed by atoms with Gasteiger partial charge in [0.05, 0.1) is 32.3 Å². The van der Waals surface area contributed by atoms with Crippen molar-refractivity contribution in [3.8, 4) is 0 Å². The minimum atomic E-state index is -0.963. The molecule has 0 amide bonds. The lowest BCUT2D eigenvalue weighted by Crippen LogP contribution is -2.31. The Kier molecular flexibility index (Phi) is 14.5. The molecule has 0 radical (unpaired) electrons. The Labute approximate surface area is 401 Å². The molecule has 324 valence electrons. The molecule has 0 saturated heterocycles. The first-order valence-corrected chi connectivity index (χ1v) is 27.8. The molecule has 0 bridgehead atoms. The van der Waals surface area contributed by atoms with E-state index in [2.05, 4.69) is 300 Å². The molecule has 10 rings (SSSR count). The first-order valence-electron chi connectivity index (χ1n) is 22.7. The monoisotopic (exact) mass is 934 g/mol. The van der Waals surface area contributed by atoms with E-state index in [-0.39, 0.29) is 0 Å². The van der Waals surface area contributed by atoms with Gasteiger partial charge in [-0.05, 0) is 41.8 Å². The highest BCUT2D eigenvalue weighted by molar-refractivity contribution is 7.91. The van der Waals surface area contributed by atoms with Crippen LogP contribution >= 0.6 is 32.3 Å². The maximum atomic E-state index is 2.75. The van der Waals surface area contributed by atoms with E-state index in [1.54, 1.807) is 0 Å². The van der Waals surface area contributed by atoms with Crippen LogP contribution in [0.1, 0.15) is 11.1 Å². The number of rotatable bonds is 16. The predicted octanol–water partition coefficient (Wildman–Crippen LogP) is 13.1. The zero-order chi connectivity index (χ0) is 45.0. The fourth-order valence-corrected chi connectivity index (χ4v) is 20.3. The maximum absolute atomic E-state index is 2.75. The first-order chi connectivity index (χ1) is 33.3. The topological polar surface area (TPSA) is 6.48 Å². The second kappa shape index (κ2) is 21.9. The van der Waals surface area contributed by atoms with Crippen molar-refractivity contribution < 1.29 is 0 Å². The average molecular weight is 935 g/mol. The van der Waals surface area contributed by atoms with Gasteiger partial charge in [0.15, 0.2) is 0 Å². The van der Waals surface area contributed by atoms with Gasteiger partial charge < -0.3 is 8.88 Å². The molecular formula is C61H50N2P4. The van der Waals surface area contributed by atoms with Crippen molar-refractivity contribution in [3.63, 3.8) is 0 Å². The summed E-state index contributed by atoms with van der Waals surface area (Å²) in [5.74, 6) is 0. The van der Waals surface area contributed by atoms with E-state index in [1.165, 1.54) is 64.9 Å². The summed E-state index contributed by atoms with van der Waals surface area (Å²) in [5.41, 5.74) is 5.01. The summed E-state index contributed by atoms with van der Waals surface area (Å²) in [5, 5.41) is 10.6. The van der Waals surface area contributed by atoms with Crippen LogP contribution in [-0.2, 0) is 6.42 Å². The van der Waals surface area contributed by atoms with Crippen molar-refractivity contribution in [2.75, 3.05) is 8.88 Å². The van der Waals surface area contributed by atoms with Crippen LogP contribution in [0, 0.1) is 0 Å². The van der Waals surface area contributed by atoms with Gasteiger partial charge in [0.25, 0.3) is 0 Å². The van der Waals surface area contributed by atoms with Crippen molar-refractivity contribution in [2.24, 2.45) is 0 Å². The molecule has 0 spiro atoms. The van der Waals surface area contributed by atoms with Crippen LogP contribution in [-0.4, -0.2) is 0 Å². The van der Waals surface area contributed by atoms with Crippen molar-refractivity contribution in [1.82, 2.24) is 0 Å². The Morgan fingerprint density at radius 2 is 0.358 bits per heavy atom. The van der Waals surface area contributed by atoms with Gasteiger partial charge in [-0.3, -0.25) is 0 Å². The molecule has 0 N–H and O–H groups in total. The highest BCUT2D eigenvalue weighted by Gasteiger charge is 2.34. The van der Waals surface area contributed by atoms with Crippen molar-refractivity contribution >= 4 is 86.1 Å². The number of benzene rings is 10. The Balaban J connectivity index is 1.04. The Bertz CT molecular complexity index is 2490. The average Bonchev–Trinajstić information content (AvgIpc) is 3.41. The molecule has 67 heavy (non-hydrogen) atoms. The van der Waals surface area contributed by atoms with E-state index in [4.69, 9.17) is 0 Å². The van der Waals surface area contributed by atoms with Crippen LogP contribution in [0.3, 0.4) is 0 Å². The van der Waals surface area contributed by atoms with Crippen LogP contribution < -0.4 is 51.3 Å². The quantitative estimate of drug-likeness (QED) is 0.0891. The number of anilines is 2. The molecule has 10 aromatic carbocycles. The van der Waals surface area contributed by atoms with E-state index in [1.807, 2.05) is 0 Å². The molecule has 2 nitrogen and oxygen atoms in total. The van der Waals surface area contributed by atoms with Gasteiger partial charge in [0.1, 0.15) is 0 Å². The smallest absolute Gasteiger partial charge is 0.0590 e. The fraction of sp³-hybridized carbons (Fsp3) is 0.0164. The molecule has 0 aromatic heterocycles. The number of hydrogen-bond acceptors (Lipinski definition) is 2. The highest BCUT2D eigenvalue weighted by atomic mass is 31.2. The van der Waals surface area contributed by atoms with Crippen LogP contribution in [0.4, 0.5) is 11.4 Å². The molecule has 0 atom stereocenters. The molecule has 0 saturated carbocycles. The molecular weight excluding hydrogens is 885 g/mol. The van der Waals surface area contributed by atoms with E-state index >= 15 is 0 Å². The molecule has 10 aromatic rings. The molecule has 0 aliphatic heterocycles. The highest BCUT2D eigenvalue weighted by Crippen LogP contribution is 2.58. The third-order valence-corrected chi connectivity index (χ3v) is 22.4. The molecule has 0 heterocycles. The summed E-state index contributed by atoms with van der Waals surface area (Å²) in [6.07, 6.45) is 0.830. The zero-order valence-electron chi connectivity index (χ0n) is 37.1. The molecule has 0 aliphatic carbocycles. The SMILES string of the molecule is c1ccc(P(c2ccccc2)N(c2ccc(Cc3ccc(N(P(c4ccccc4)c4ccccc4)P(c4ccccc4)c4ccccc4)cc3)cc2)P(c2ccccc2)c2ccccc2)cc1. The second-order valence-corrected chi connectivity index (χ2v) is 24.9. The predicted molar refractivity (Wildman–Crippen MR) is 297 cm³/mol. The molecule has 0 fully saturated rings. The Morgan fingerprint density at radius 1 is 0.194 bits per heavy atom. The van der Waals surface area contributed by atoms with E-state index < -0.39 is 32.3 Å². The number of hydrogen-bond donors (Lipinski definition) is 0. The third kappa shape index (κ3) is 10.4. The lowest BCUT2D eigenvalue weighted by Gasteiger charge is -2.41. The minimum absolute atomic E-state index is 0.830. The lowest BCUT2D eigenvalue weighted by molar-refractivity contribution is 1.19. The maximum Gasteiger partial charge on any atom is 0.0590 e. The van der Waals surface area contributed by atoms with E-state index in [9.17, 15) is 0 Å². The van der Waals surface area contributed by atoms with Gasteiger partial charge in [-0.25, -0.2) is 0 Å². The summed E-state index contributed by atoms with van der Waals surface area (Å²) in [7, 11) is -3.85. The second-order valence-electron chi connectivity index (χ2n) is 16.0. The number of nitrogens with zero attached hydrogens (tertiary/aromatic N) is 2. The van der Waals surface area contributed by atoms with Gasteiger partial charge in [-0.2, -0.15) is 0 Å². The zero-order valence-corrected chi connectivity index (χ0v) is 40.7. The van der Waals surface area contributed by atoms with Gasteiger partial charge in [-0.15, -0.1) is 0 Å². The summed E-state index contributed by atoms with van der Waals surface area (Å²) in [6, 6.07) is 108. The summed E-state index contributed by atoms with van der Waals surface area (Å²) < 4.78 is 5.51. The van der Waals surface area contributed by atoms with Crippen LogP contribution in [0.15, 0.2) is 291 Å². The van der Waals surface area contributed by atoms with Crippen LogP contribution in [0.2, 0.25) is 0 Å². The Morgan fingerprint density at radius 3 is 0.522 bits per heavy atom. The van der Waals surface area contributed by atoms with Gasteiger partial charge >= 0.3 is 0 Å². The van der Waals surface area contributed by atoms with Crippen LogP contribution in [0.5, 0.6) is 0 Å². The lowest BCUT2D eigenvalue weighted by atomic mass is 10.0. The van der Waals surface area contributed by atoms with Crippen molar-refractivity contribution in [1.29, 1.82) is 0 Å². The van der Waals surface area contributed by atoms with E-state index in [0.717, 1.165) is 6.42 Å². The summed E-state index contributed by atoms with van der Waals surface area (Å²) in [4.78, 5) is 0. The van der Waals surface area contributed by atoms with Crippen molar-refractivity contribution in [3.05, 3.63) is 302 Å². The first kappa shape index (κ1) is 44.4. The standard InChI is InChI=1S/C61H50N2P4/c1-9-25-54(26-10-1)64(55-27-11-2-12-28-55)62(65(56-29-13-3-14-30-56)57-31-15-4-16-32-57)52-45-41-50(42-46-52)49-51-43-47-53(48-44-51)63(66(58-33-17-5-18-34-58)59-35-19-6-20-36-59)67(60-37-21-7-22-38-60)61-39-23-8-24-40-61/h1-48H,49H2. The van der Waals surface area contributed by atoms with Crippen molar-refractivity contribution in [2.45, 2.75) is 6.42 Å². The minimum Gasteiger partial charge on any atom is -0.313 e. The third-order valence-electron chi connectivity index (χ3n) is 11.5. The van der Waals surface area contributed by atoms with Gasteiger partial charge in [0.2, 0.25) is 0 Å². The molecule has 0 unspecified atom stereocenters. The van der Waals surface area contributed by atoms with E-state index in [0.29, 0.717) is 0 Å². The summed E-state index contributed by atoms with van der Waals surface area (Å²) in [6.45, 7) is 0. The van der Waals surface area contributed by atoms with Gasteiger partial charge in [-0.1, -0.05) is 267 Å². The largest absolute Gasteiger partial charge is 0.313 e.